The van der Waals surface area contributed by atoms with E-state index in [9.17, 15) is 9.18 Å². The van der Waals surface area contributed by atoms with Crippen molar-refractivity contribution in [3.05, 3.63) is 29.6 Å². The lowest BCUT2D eigenvalue weighted by Crippen LogP contribution is -2.26. The maximum atomic E-state index is 13.4. The van der Waals surface area contributed by atoms with Crippen molar-refractivity contribution in [3.8, 4) is 5.75 Å². The van der Waals surface area contributed by atoms with Crippen LogP contribution in [-0.4, -0.2) is 19.1 Å². The fraction of sp³-hybridized carbons (Fsp3) is 0.533. The molecule has 2 atom stereocenters. The van der Waals surface area contributed by atoms with Crippen LogP contribution in [0.5, 0.6) is 5.75 Å². The summed E-state index contributed by atoms with van der Waals surface area (Å²) in [7, 11) is 0. The smallest absolute Gasteiger partial charge is 0.223 e. The van der Waals surface area contributed by atoms with Crippen molar-refractivity contribution in [1.29, 1.82) is 0 Å². The fourth-order valence-electron chi connectivity index (χ4n) is 1.76. The zero-order chi connectivity index (χ0) is 15.1. The lowest BCUT2D eigenvalue weighted by atomic mass is 10.1. The van der Waals surface area contributed by atoms with Gasteiger partial charge in [-0.25, -0.2) is 4.39 Å². The Morgan fingerprint density at radius 3 is 2.75 bits per heavy atom. The van der Waals surface area contributed by atoms with Crippen molar-refractivity contribution in [1.82, 2.24) is 5.32 Å². The van der Waals surface area contributed by atoms with E-state index in [2.05, 4.69) is 12.2 Å². The summed E-state index contributed by atoms with van der Waals surface area (Å²) in [4.78, 5) is 11.0. The normalized spacial score (nSPS) is 13.8. The minimum atomic E-state index is -0.430. The Labute approximate surface area is 119 Å². The number of nitrogens with one attached hydrogen (secondary N) is 1. The molecular weight excluding hydrogens is 259 g/mol. The summed E-state index contributed by atoms with van der Waals surface area (Å²) >= 11 is 0. The van der Waals surface area contributed by atoms with Crippen LogP contribution in [0.4, 0.5) is 4.39 Å². The molecule has 4 nitrogen and oxygen atoms in total. The molecule has 0 bridgehead atoms. The van der Waals surface area contributed by atoms with Crippen LogP contribution in [0.2, 0.25) is 0 Å². The summed E-state index contributed by atoms with van der Waals surface area (Å²) in [6.07, 6.45) is 1.01. The predicted octanol–water partition coefficient (Wildman–Crippen LogP) is 2.39. The van der Waals surface area contributed by atoms with Gasteiger partial charge in [-0.15, -0.1) is 0 Å². The molecule has 1 rings (SSSR count). The van der Waals surface area contributed by atoms with E-state index in [1.54, 1.807) is 13.0 Å². The Balaban J connectivity index is 2.81. The molecule has 0 aliphatic rings. The summed E-state index contributed by atoms with van der Waals surface area (Å²) in [5, 5.41) is 3.32. The fourth-order valence-corrected chi connectivity index (χ4v) is 1.76. The van der Waals surface area contributed by atoms with E-state index >= 15 is 0 Å². The Morgan fingerprint density at radius 2 is 2.15 bits per heavy atom. The number of nitrogens with two attached hydrogens (primary N) is 1. The predicted molar refractivity (Wildman–Crippen MR) is 77.0 cm³/mol. The first-order valence-electron chi connectivity index (χ1n) is 6.90. The van der Waals surface area contributed by atoms with Gasteiger partial charge in [0.2, 0.25) is 5.91 Å². The van der Waals surface area contributed by atoms with Gasteiger partial charge in [0.1, 0.15) is 11.6 Å². The van der Waals surface area contributed by atoms with E-state index in [-0.39, 0.29) is 18.5 Å². The molecule has 0 saturated carbocycles. The van der Waals surface area contributed by atoms with Crippen molar-refractivity contribution >= 4 is 5.91 Å². The highest BCUT2D eigenvalue weighted by Crippen LogP contribution is 2.26. The lowest BCUT2D eigenvalue weighted by Gasteiger charge is -2.19. The van der Waals surface area contributed by atoms with Crippen LogP contribution >= 0.6 is 0 Å². The number of ether oxygens (including phenoxy) is 1. The minimum Gasteiger partial charge on any atom is -0.492 e. The van der Waals surface area contributed by atoms with Crippen LogP contribution in [0.1, 0.15) is 38.8 Å². The third kappa shape index (κ3) is 4.81. The Bertz CT molecular complexity index is 451. The highest BCUT2D eigenvalue weighted by atomic mass is 19.1. The number of rotatable bonds is 8. The van der Waals surface area contributed by atoms with Gasteiger partial charge in [-0.3, -0.25) is 4.79 Å². The summed E-state index contributed by atoms with van der Waals surface area (Å²) in [5.41, 5.74) is 6.06. The summed E-state index contributed by atoms with van der Waals surface area (Å²) in [6, 6.07) is 4.50. The molecule has 1 aromatic rings. The zero-order valence-electron chi connectivity index (χ0n) is 12.3. The van der Waals surface area contributed by atoms with E-state index in [0.717, 1.165) is 18.5 Å². The average Bonchev–Trinajstić information content (AvgIpc) is 2.42. The third-order valence-corrected chi connectivity index (χ3v) is 3.12. The Hall–Kier alpha value is -1.62. The van der Waals surface area contributed by atoms with E-state index in [0.29, 0.717) is 5.75 Å². The van der Waals surface area contributed by atoms with Crippen molar-refractivity contribution in [3.63, 3.8) is 0 Å². The number of hydrogen-bond acceptors (Lipinski definition) is 3. The topological polar surface area (TPSA) is 64.3 Å². The Morgan fingerprint density at radius 1 is 1.45 bits per heavy atom. The molecule has 0 aliphatic carbocycles. The van der Waals surface area contributed by atoms with Crippen LogP contribution in [-0.2, 0) is 4.79 Å². The van der Waals surface area contributed by atoms with Crippen molar-refractivity contribution in [2.45, 2.75) is 33.2 Å². The standard InChI is InChI=1S/C15H23FN2O2/c1-4-7-18-11(3)13-6-5-12(16)8-14(13)20-9-10(2)15(17)19/h5-6,8,10-11,18H,4,7,9H2,1-3H3,(H2,17,19). The number of hydrogen-bond donors (Lipinski definition) is 2. The summed E-state index contributed by atoms with van der Waals surface area (Å²) < 4.78 is 18.9. The molecule has 0 radical (unpaired) electrons. The SMILES string of the molecule is CCCNC(C)c1ccc(F)cc1OCC(C)C(N)=O. The highest BCUT2D eigenvalue weighted by Gasteiger charge is 2.15. The largest absolute Gasteiger partial charge is 0.492 e. The van der Waals surface area contributed by atoms with Gasteiger partial charge in [0.25, 0.3) is 0 Å². The third-order valence-electron chi connectivity index (χ3n) is 3.12. The van der Waals surface area contributed by atoms with Gasteiger partial charge in [-0.05, 0) is 26.0 Å². The molecule has 0 spiro atoms. The van der Waals surface area contributed by atoms with Gasteiger partial charge in [0.15, 0.2) is 0 Å². The van der Waals surface area contributed by atoms with Crippen LogP contribution in [0.3, 0.4) is 0 Å². The molecule has 112 valence electrons. The molecule has 0 fully saturated rings. The number of amides is 1. The molecular formula is C15H23FN2O2. The van der Waals surface area contributed by atoms with E-state index in [1.807, 2.05) is 6.92 Å². The van der Waals surface area contributed by atoms with Gasteiger partial charge in [-0.2, -0.15) is 0 Å². The molecule has 1 amide bonds. The van der Waals surface area contributed by atoms with Crippen LogP contribution in [0.25, 0.3) is 0 Å². The van der Waals surface area contributed by atoms with E-state index in [4.69, 9.17) is 10.5 Å². The van der Waals surface area contributed by atoms with Gasteiger partial charge in [0, 0.05) is 17.7 Å². The van der Waals surface area contributed by atoms with Crippen molar-refractivity contribution < 1.29 is 13.9 Å². The molecule has 5 heteroatoms. The van der Waals surface area contributed by atoms with E-state index < -0.39 is 11.8 Å². The van der Waals surface area contributed by atoms with Crippen molar-refractivity contribution in [2.24, 2.45) is 11.7 Å². The lowest BCUT2D eigenvalue weighted by molar-refractivity contribution is -0.122. The number of primary amides is 1. The summed E-state index contributed by atoms with van der Waals surface area (Å²) in [6.45, 7) is 6.77. The quantitative estimate of drug-likeness (QED) is 0.769. The number of carbonyl (C=O) groups is 1. The van der Waals surface area contributed by atoms with Gasteiger partial charge >= 0.3 is 0 Å². The van der Waals surface area contributed by atoms with Crippen LogP contribution in [0, 0.1) is 11.7 Å². The second kappa shape index (κ2) is 7.85. The molecule has 20 heavy (non-hydrogen) atoms. The summed E-state index contributed by atoms with van der Waals surface area (Å²) in [5.74, 6) is -0.752. The average molecular weight is 282 g/mol. The first-order valence-corrected chi connectivity index (χ1v) is 6.90. The van der Waals surface area contributed by atoms with Crippen LogP contribution in [0.15, 0.2) is 18.2 Å². The minimum absolute atomic E-state index is 0.0504. The molecule has 1 aromatic carbocycles. The number of carbonyl (C=O) groups excluding carboxylic acids is 1. The first kappa shape index (κ1) is 16.4. The maximum absolute atomic E-state index is 13.4. The monoisotopic (exact) mass is 282 g/mol. The molecule has 2 unspecified atom stereocenters. The molecule has 0 aliphatic heterocycles. The molecule has 3 N–H and O–H groups in total. The molecule has 0 heterocycles. The first-order chi connectivity index (χ1) is 9.45. The second-order valence-corrected chi connectivity index (χ2v) is 4.97. The van der Waals surface area contributed by atoms with Crippen LogP contribution < -0.4 is 15.8 Å². The van der Waals surface area contributed by atoms with Gasteiger partial charge in [-0.1, -0.05) is 19.9 Å². The van der Waals surface area contributed by atoms with Crippen molar-refractivity contribution in [2.75, 3.05) is 13.2 Å². The number of halogens is 1. The van der Waals surface area contributed by atoms with Gasteiger partial charge in [0.05, 0.1) is 12.5 Å². The Kier molecular flexibility index (Phi) is 6.45. The second-order valence-electron chi connectivity index (χ2n) is 4.97. The number of benzene rings is 1. The maximum Gasteiger partial charge on any atom is 0.223 e. The highest BCUT2D eigenvalue weighted by molar-refractivity contribution is 5.76. The molecule has 0 saturated heterocycles. The zero-order valence-corrected chi connectivity index (χ0v) is 12.3. The molecule has 0 aromatic heterocycles. The van der Waals surface area contributed by atoms with E-state index in [1.165, 1.54) is 12.1 Å². The van der Waals surface area contributed by atoms with Gasteiger partial charge < -0.3 is 15.8 Å².